The van der Waals surface area contributed by atoms with Gasteiger partial charge < -0.3 is 0 Å². The third-order valence-corrected chi connectivity index (χ3v) is 5.10. The molecule has 0 amide bonds. The van der Waals surface area contributed by atoms with E-state index in [1.165, 1.54) is 15.9 Å². The molecule has 0 aromatic carbocycles. The fourth-order valence-electron chi connectivity index (χ4n) is 1.65. The van der Waals surface area contributed by atoms with Gasteiger partial charge in [-0.3, -0.25) is 9.36 Å². The number of carbonyl (C=O) groups excluding carboxylic acids is 1. The summed E-state index contributed by atoms with van der Waals surface area (Å²) in [6.07, 6.45) is 0. The van der Waals surface area contributed by atoms with Crippen molar-refractivity contribution < 1.29 is 4.79 Å². The molecule has 0 spiro atoms. The van der Waals surface area contributed by atoms with Gasteiger partial charge in [-0.1, -0.05) is 11.6 Å². The van der Waals surface area contributed by atoms with Gasteiger partial charge in [0.05, 0.1) is 25.9 Å². The highest BCUT2D eigenvalue weighted by molar-refractivity contribution is 9.10. The second-order valence-electron chi connectivity index (χ2n) is 3.99. The van der Waals surface area contributed by atoms with Crippen molar-refractivity contribution >= 4 is 44.7 Å². The van der Waals surface area contributed by atoms with E-state index < -0.39 is 5.69 Å². The molecule has 2 aromatic rings. The SMILES string of the molecule is Cc1nc(=O)n(CC(=O)c2ccc(Cl)s2)c(C)c1Br. The summed E-state index contributed by atoms with van der Waals surface area (Å²) in [5, 5.41) is 0. The second kappa shape index (κ2) is 5.56. The minimum absolute atomic E-state index is 0.0343. The Balaban J connectivity index is 2.37. The van der Waals surface area contributed by atoms with Gasteiger partial charge in [0, 0.05) is 5.69 Å². The molecule has 0 N–H and O–H groups in total. The monoisotopic (exact) mass is 360 g/mol. The van der Waals surface area contributed by atoms with Crippen molar-refractivity contribution in [1.82, 2.24) is 9.55 Å². The van der Waals surface area contributed by atoms with Crippen molar-refractivity contribution in [2.24, 2.45) is 0 Å². The fourth-order valence-corrected chi connectivity index (χ4v) is 2.92. The van der Waals surface area contributed by atoms with Crippen LogP contribution < -0.4 is 5.69 Å². The van der Waals surface area contributed by atoms with Gasteiger partial charge in [-0.15, -0.1) is 11.3 Å². The van der Waals surface area contributed by atoms with E-state index in [2.05, 4.69) is 20.9 Å². The van der Waals surface area contributed by atoms with E-state index in [0.29, 0.717) is 20.6 Å². The third-order valence-electron chi connectivity index (χ3n) is 2.68. The number of Topliss-reactive ketones (excluding diaryl/α,β-unsaturated/α-hetero) is 1. The summed E-state index contributed by atoms with van der Waals surface area (Å²) in [5.41, 5.74) is 0.882. The Kier molecular flexibility index (Phi) is 4.23. The number of nitrogens with zero attached hydrogens (tertiary/aromatic N) is 2. The number of thiophene rings is 1. The molecule has 0 saturated carbocycles. The zero-order valence-electron chi connectivity index (χ0n) is 10.2. The van der Waals surface area contributed by atoms with E-state index in [1.807, 2.05) is 0 Å². The number of hydrogen-bond acceptors (Lipinski definition) is 4. The maximum atomic E-state index is 12.1. The number of ketones is 1. The summed E-state index contributed by atoms with van der Waals surface area (Å²) in [5.74, 6) is -0.153. The van der Waals surface area contributed by atoms with Crippen molar-refractivity contribution in [2.75, 3.05) is 0 Å². The molecule has 0 aliphatic carbocycles. The molecule has 19 heavy (non-hydrogen) atoms. The highest BCUT2D eigenvalue weighted by atomic mass is 79.9. The molecule has 0 radical (unpaired) electrons. The average Bonchev–Trinajstić information content (AvgIpc) is 2.78. The molecule has 0 fully saturated rings. The van der Waals surface area contributed by atoms with Crippen LogP contribution in [0.5, 0.6) is 0 Å². The Hall–Kier alpha value is -0.980. The Morgan fingerprint density at radius 1 is 1.47 bits per heavy atom. The van der Waals surface area contributed by atoms with Crippen LogP contribution >= 0.6 is 38.9 Å². The van der Waals surface area contributed by atoms with Crippen LogP contribution in [0.4, 0.5) is 0 Å². The first kappa shape index (κ1) is 14.4. The molecule has 0 aliphatic heterocycles. The van der Waals surface area contributed by atoms with Crippen LogP contribution in [0.3, 0.4) is 0 Å². The van der Waals surface area contributed by atoms with Crippen LogP contribution in [0, 0.1) is 13.8 Å². The molecule has 0 atom stereocenters. The van der Waals surface area contributed by atoms with Crippen molar-refractivity contribution in [3.63, 3.8) is 0 Å². The highest BCUT2D eigenvalue weighted by Gasteiger charge is 2.15. The molecule has 0 bridgehead atoms. The van der Waals surface area contributed by atoms with Gasteiger partial charge in [0.2, 0.25) is 0 Å². The molecule has 100 valence electrons. The number of aryl methyl sites for hydroxylation is 1. The summed E-state index contributed by atoms with van der Waals surface area (Å²) in [4.78, 5) is 28.3. The second-order valence-corrected chi connectivity index (χ2v) is 6.50. The largest absolute Gasteiger partial charge is 0.348 e. The summed E-state index contributed by atoms with van der Waals surface area (Å²) in [7, 11) is 0. The Morgan fingerprint density at radius 2 is 2.16 bits per heavy atom. The maximum absolute atomic E-state index is 12.1. The highest BCUT2D eigenvalue weighted by Crippen LogP contribution is 2.22. The van der Waals surface area contributed by atoms with Crippen LogP contribution in [0.1, 0.15) is 21.1 Å². The first-order chi connectivity index (χ1) is 8.90. The lowest BCUT2D eigenvalue weighted by atomic mass is 10.3. The smallest absolute Gasteiger partial charge is 0.291 e. The van der Waals surface area contributed by atoms with Gasteiger partial charge in [-0.25, -0.2) is 4.79 Å². The number of hydrogen-bond donors (Lipinski definition) is 0. The Morgan fingerprint density at radius 3 is 2.74 bits per heavy atom. The van der Waals surface area contributed by atoms with E-state index in [0.717, 1.165) is 4.47 Å². The zero-order valence-corrected chi connectivity index (χ0v) is 13.4. The van der Waals surface area contributed by atoms with Gasteiger partial charge in [-0.05, 0) is 41.9 Å². The van der Waals surface area contributed by atoms with Crippen molar-refractivity contribution in [3.05, 3.63) is 47.7 Å². The average molecular weight is 362 g/mol. The molecule has 0 unspecified atom stereocenters. The van der Waals surface area contributed by atoms with Crippen molar-refractivity contribution in [2.45, 2.75) is 20.4 Å². The van der Waals surface area contributed by atoms with Gasteiger partial charge in [-0.2, -0.15) is 4.98 Å². The fraction of sp³-hybridized carbons (Fsp3) is 0.250. The predicted octanol–water partition coefficient (Wildman–Crippen LogP) is 3.22. The first-order valence-electron chi connectivity index (χ1n) is 5.42. The molecule has 4 nitrogen and oxygen atoms in total. The van der Waals surface area contributed by atoms with Gasteiger partial charge >= 0.3 is 5.69 Å². The zero-order chi connectivity index (χ0) is 14.2. The van der Waals surface area contributed by atoms with E-state index in [4.69, 9.17) is 11.6 Å². The lowest BCUT2D eigenvalue weighted by molar-refractivity contribution is 0.0973. The van der Waals surface area contributed by atoms with Crippen molar-refractivity contribution in [1.29, 1.82) is 0 Å². The molecule has 7 heteroatoms. The molecular formula is C12H10BrClN2O2S. The lowest BCUT2D eigenvalue weighted by Crippen LogP contribution is -2.29. The van der Waals surface area contributed by atoms with E-state index in [9.17, 15) is 9.59 Å². The normalized spacial score (nSPS) is 10.7. The first-order valence-corrected chi connectivity index (χ1v) is 7.41. The van der Waals surface area contributed by atoms with Gasteiger partial charge in [0.1, 0.15) is 0 Å². The van der Waals surface area contributed by atoms with E-state index >= 15 is 0 Å². The van der Waals surface area contributed by atoms with E-state index in [1.54, 1.807) is 26.0 Å². The van der Waals surface area contributed by atoms with Crippen LogP contribution in [-0.4, -0.2) is 15.3 Å². The number of aromatic nitrogens is 2. The van der Waals surface area contributed by atoms with Gasteiger partial charge in [0.25, 0.3) is 0 Å². The van der Waals surface area contributed by atoms with Crippen LogP contribution in [0.25, 0.3) is 0 Å². The topological polar surface area (TPSA) is 52.0 Å². The predicted molar refractivity (Wildman–Crippen MR) is 79.3 cm³/mol. The number of halogens is 2. The number of carbonyl (C=O) groups is 1. The van der Waals surface area contributed by atoms with E-state index in [-0.39, 0.29) is 12.3 Å². The van der Waals surface area contributed by atoms with Gasteiger partial charge in [0.15, 0.2) is 5.78 Å². The molecule has 0 aliphatic rings. The molecule has 2 rings (SSSR count). The molecule has 0 saturated heterocycles. The summed E-state index contributed by atoms with van der Waals surface area (Å²) < 4.78 is 2.65. The minimum atomic E-state index is -0.422. The maximum Gasteiger partial charge on any atom is 0.348 e. The Labute approximate surface area is 127 Å². The summed E-state index contributed by atoms with van der Waals surface area (Å²) in [6.45, 7) is 3.48. The standard InChI is InChI=1S/C12H10BrClN2O2S/c1-6-11(13)7(2)16(12(18)15-6)5-8(17)9-3-4-10(14)19-9/h3-4H,5H2,1-2H3. The number of rotatable bonds is 3. The summed E-state index contributed by atoms with van der Waals surface area (Å²) in [6, 6.07) is 3.32. The van der Waals surface area contributed by atoms with Crippen LogP contribution in [0.2, 0.25) is 4.34 Å². The molecule has 2 heterocycles. The lowest BCUT2D eigenvalue weighted by Gasteiger charge is -2.10. The van der Waals surface area contributed by atoms with Crippen LogP contribution in [0.15, 0.2) is 21.4 Å². The third kappa shape index (κ3) is 2.96. The summed E-state index contributed by atoms with van der Waals surface area (Å²) >= 11 is 10.4. The Bertz CT molecular complexity index is 708. The quantitative estimate of drug-likeness (QED) is 0.789. The molecular weight excluding hydrogens is 352 g/mol. The molecule has 2 aromatic heterocycles. The minimum Gasteiger partial charge on any atom is -0.291 e. The van der Waals surface area contributed by atoms with Crippen molar-refractivity contribution in [3.8, 4) is 0 Å². The van der Waals surface area contributed by atoms with Crippen LogP contribution in [-0.2, 0) is 6.54 Å².